The first-order chi connectivity index (χ1) is 13.7. The van der Waals surface area contributed by atoms with Crippen LogP contribution in [-0.2, 0) is 4.79 Å². The van der Waals surface area contributed by atoms with Gasteiger partial charge in [0.15, 0.2) is 0 Å². The Balaban J connectivity index is 0.000000553. The second-order valence-corrected chi connectivity index (χ2v) is 6.72. The van der Waals surface area contributed by atoms with Crippen molar-refractivity contribution in [1.29, 1.82) is 0 Å². The van der Waals surface area contributed by atoms with Gasteiger partial charge in [-0.1, -0.05) is 6.07 Å². The zero-order valence-electron chi connectivity index (χ0n) is 15.3. The lowest BCUT2D eigenvalue weighted by molar-refractivity contribution is -0.192. The number of ketones is 1. The van der Waals surface area contributed by atoms with E-state index in [0.717, 1.165) is 6.07 Å². The van der Waals surface area contributed by atoms with Crippen molar-refractivity contribution in [1.82, 2.24) is 9.88 Å². The third-order valence-electron chi connectivity index (χ3n) is 3.56. The van der Waals surface area contributed by atoms with Crippen LogP contribution in [0.15, 0.2) is 36.5 Å². The molecule has 0 saturated carbocycles. The van der Waals surface area contributed by atoms with Gasteiger partial charge in [-0.3, -0.25) is 14.6 Å². The molecular weight excluding hydrogens is 442 g/mol. The topological polar surface area (TPSA) is 87.6 Å². The molecule has 0 saturated heterocycles. The van der Waals surface area contributed by atoms with Crippen molar-refractivity contribution >= 4 is 29.0 Å². The van der Waals surface area contributed by atoms with E-state index in [1.807, 2.05) is 0 Å². The maximum Gasteiger partial charge on any atom is 0.490 e. The molecule has 1 amide bonds. The number of hydrogen-bond acceptors (Lipinski definition) is 5. The summed E-state index contributed by atoms with van der Waals surface area (Å²) in [5.41, 5.74) is 0.659. The van der Waals surface area contributed by atoms with Gasteiger partial charge in [-0.15, -0.1) is 11.3 Å². The number of halogens is 6. The number of aromatic nitrogens is 1. The van der Waals surface area contributed by atoms with E-state index in [-0.39, 0.29) is 10.9 Å². The predicted octanol–water partition coefficient (Wildman–Crippen LogP) is 4.35. The number of rotatable bonds is 4. The fourth-order valence-corrected chi connectivity index (χ4v) is 2.83. The molecule has 164 valence electrons. The number of nitrogens with zero attached hydrogens (tertiary/aromatic N) is 2. The van der Waals surface area contributed by atoms with Gasteiger partial charge in [0.25, 0.3) is 11.7 Å². The van der Waals surface area contributed by atoms with Crippen LogP contribution in [-0.4, -0.2) is 52.1 Å². The Hall–Kier alpha value is -2.96. The molecular formula is C17H14F6N2O4S. The lowest BCUT2D eigenvalue weighted by Crippen LogP contribution is -2.29. The van der Waals surface area contributed by atoms with Crippen molar-refractivity contribution in [3.63, 3.8) is 0 Å². The number of thiophene rings is 1. The maximum atomic E-state index is 12.4. The highest BCUT2D eigenvalue weighted by Crippen LogP contribution is 2.28. The number of Topliss-reactive ketones (excluding diaryl/α,β-unsaturated/α-hetero) is 1. The van der Waals surface area contributed by atoms with Gasteiger partial charge in [-0.05, 0) is 31.2 Å². The number of amides is 1. The van der Waals surface area contributed by atoms with Crippen molar-refractivity contribution in [3.05, 3.63) is 52.0 Å². The summed E-state index contributed by atoms with van der Waals surface area (Å²) in [5.74, 6) is -5.16. The molecule has 13 heteroatoms. The lowest BCUT2D eigenvalue weighted by Gasteiger charge is -2.23. The van der Waals surface area contributed by atoms with E-state index in [9.17, 15) is 35.9 Å². The summed E-state index contributed by atoms with van der Waals surface area (Å²) in [5, 5.41) is 7.12. The second-order valence-electron chi connectivity index (χ2n) is 5.64. The van der Waals surface area contributed by atoms with Gasteiger partial charge in [-0.2, -0.15) is 26.3 Å². The van der Waals surface area contributed by atoms with Gasteiger partial charge in [0.1, 0.15) is 0 Å². The fourth-order valence-electron chi connectivity index (χ4n) is 1.89. The van der Waals surface area contributed by atoms with Gasteiger partial charge in [0.2, 0.25) is 0 Å². The largest absolute Gasteiger partial charge is 0.490 e. The molecule has 0 aliphatic heterocycles. The predicted molar refractivity (Wildman–Crippen MR) is 93.1 cm³/mol. The minimum absolute atomic E-state index is 0.0721. The highest BCUT2D eigenvalue weighted by atomic mass is 32.1. The Bertz CT molecular complexity index is 896. The molecule has 2 rings (SSSR count). The Labute approximate surface area is 169 Å². The third-order valence-corrected chi connectivity index (χ3v) is 4.63. The Morgan fingerprint density at radius 2 is 1.53 bits per heavy atom. The Kier molecular flexibility index (Phi) is 8.10. The van der Waals surface area contributed by atoms with Crippen LogP contribution in [0.25, 0.3) is 0 Å². The van der Waals surface area contributed by atoms with E-state index in [1.54, 1.807) is 31.3 Å². The average molecular weight is 456 g/mol. The number of aliphatic carboxylic acids is 1. The van der Waals surface area contributed by atoms with Crippen LogP contribution < -0.4 is 0 Å². The number of carboxylic acid groups (broad SMARTS) is 1. The van der Waals surface area contributed by atoms with Gasteiger partial charge in [-0.25, -0.2) is 4.79 Å². The van der Waals surface area contributed by atoms with Gasteiger partial charge >= 0.3 is 18.3 Å². The van der Waals surface area contributed by atoms with Crippen LogP contribution in [0.5, 0.6) is 0 Å². The van der Waals surface area contributed by atoms with Crippen LogP contribution in [0.4, 0.5) is 26.3 Å². The highest BCUT2D eigenvalue weighted by molar-refractivity contribution is 7.16. The lowest BCUT2D eigenvalue weighted by atomic mass is 10.2. The third kappa shape index (κ3) is 6.83. The van der Waals surface area contributed by atoms with Crippen molar-refractivity contribution in [2.75, 3.05) is 7.05 Å². The molecule has 2 heterocycles. The molecule has 0 spiro atoms. The number of hydrogen-bond donors (Lipinski definition) is 1. The van der Waals surface area contributed by atoms with Crippen LogP contribution in [0.1, 0.15) is 38.0 Å². The minimum Gasteiger partial charge on any atom is -0.475 e. The smallest absolute Gasteiger partial charge is 0.475 e. The summed E-state index contributed by atoms with van der Waals surface area (Å²) in [6, 6.07) is 7.17. The quantitative estimate of drug-likeness (QED) is 0.546. The van der Waals surface area contributed by atoms with E-state index in [0.29, 0.717) is 17.0 Å². The zero-order valence-corrected chi connectivity index (χ0v) is 16.1. The van der Waals surface area contributed by atoms with Gasteiger partial charge in [0, 0.05) is 13.2 Å². The summed E-state index contributed by atoms with van der Waals surface area (Å²) >= 11 is 0.536. The number of pyridine rings is 1. The molecule has 0 bridgehead atoms. The monoisotopic (exact) mass is 456 g/mol. The molecule has 30 heavy (non-hydrogen) atoms. The van der Waals surface area contributed by atoms with Crippen LogP contribution in [0.3, 0.4) is 0 Å². The molecule has 2 aromatic rings. The van der Waals surface area contributed by atoms with E-state index in [1.165, 1.54) is 18.0 Å². The normalized spacial score (nSPS) is 12.4. The first kappa shape index (κ1) is 25.1. The summed E-state index contributed by atoms with van der Waals surface area (Å²) < 4.78 is 69.0. The van der Waals surface area contributed by atoms with Crippen LogP contribution in [0.2, 0.25) is 0 Å². The number of carboxylic acids is 1. The van der Waals surface area contributed by atoms with E-state index < -0.39 is 34.9 Å². The van der Waals surface area contributed by atoms with Crippen molar-refractivity contribution in [3.8, 4) is 0 Å². The van der Waals surface area contributed by atoms with Crippen molar-refractivity contribution in [2.24, 2.45) is 0 Å². The standard InChI is InChI=1S/C15H13F3N2O2S.C2HF3O2/c1-9(10-5-3-4-8-19-10)20(2)14(22)12-7-6-11(23-12)13(21)15(16,17)18;3-2(4,5)1(6)7/h3-9H,1-2H3;(H,6,7). The van der Waals surface area contributed by atoms with Gasteiger partial charge in [0.05, 0.1) is 21.5 Å². The molecule has 1 atom stereocenters. The number of carbonyl (C=O) groups excluding carboxylic acids is 2. The maximum absolute atomic E-state index is 12.4. The zero-order chi connectivity index (χ0) is 23.3. The first-order valence-corrected chi connectivity index (χ1v) is 8.67. The Morgan fingerprint density at radius 1 is 1.00 bits per heavy atom. The molecule has 0 aromatic carbocycles. The number of carbonyl (C=O) groups is 3. The van der Waals surface area contributed by atoms with Crippen molar-refractivity contribution < 1.29 is 45.8 Å². The van der Waals surface area contributed by atoms with E-state index in [2.05, 4.69) is 4.98 Å². The minimum atomic E-state index is -5.08. The molecule has 2 aromatic heterocycles. The second kappa shape index (κ2) is 9.69. The molecule has 6 nitrogen and oxygen atoms in total. The summed E-state index contributed by atoms with van der Waals surface area (Å²) in [4.78, 5) is 37.5. The first-order valence-electron chi connectivity index (χ1n) is 7.85. The molecule has 1 unspecified atom stereocenters. The van der Waals surface area contributed by atoms with E-state index in [4.69, 9.17) is 9.90 Å². The number of alkyl halides is 6. The summed E-state index contributed by atoms with van der Waals surface area (Å²) in [6.45, 7) is 1.76. The molecule has 0 radical (unpaired) electrons. The molecule has 0 aliphatic carbocycles. The summed E-state index contributed by atoms with van der Waals surface area (Å²) in [7, 11) is 1.53. The molecule has 1 N–H and O–H groups in total. The Morgan fingerprint density at radius 3 is 1.97 bits per heavy atom. The van der Waals surface area contributed by atoms with Crippen molar-refractivity contribution in [2.45, 2.75) is 25.3 Å². The molecule has 0 aliphatic rings. The van der Waals surface area contributed by atoms with E-state index >= 15 is 0 Å². The van der Waals surface area contributed by atoms with Crippen LogP contribution in [0, 0.1) is 0 Å². The average Bonchev–Trinajstić information content (AvgIpc) is 3.15. The van der Waals surface area contributed by atoms with Crippen LogP contribution >= 0.6 is 11.3 Å². The highest BCUT2D eigenvalue weighted by Gasteiger charge is 2.40. The summed E-state index contributed by atoms with van der Waals surface area (Å²) in [6.07, 6.45) is -8.44. The fraction of sp³-hybridized carbons (Fsp3) is 0.294. The van der Waals surface area contributed by atoms with Gasteiger partial charge < -0.3 is 10.0 Å². The SMILES string of the molecule is CC(c1ccccn1)N(C)C(=O)c1ccc(C(=O)C(F)(F)F)s1.O=C(O)C(F)(F)F. The molecule has 0 fully saturated rings.